The van der Waals surface area contributed by atoms with Gasteiger partial charge >= 0.3 is 0 Å². The first-order valence-electron chi connectivity index (χ1n) is 6.75. The molecule has 0 aliphatic carbocycles. The molecule has 1 atom stereocenters. The first-order chi connectivity index (χ1) is 8.25. The van der Waals surface area contributed by atoms with Crippen molar-refractivity contribution in [2.75, 3.05) is 13.1 Å². The van der Waals surface area contributed by atoms with Gasteiger partial charge in [0.15, 0.2) is 0 Å². The molecular formula is C14H24N2S. The summed E-state index contributed by atoms with van der Waals surface area (Å²) < 4.78 is 0. The van der Waals surface area contributed by atoms with Crippen LogP contribution in [0.5, 0.6) is 0 Å². The van der Waals surface area contributed by atoms with Crippen molar-refractivity contribution in [2.45, 2.75) is 51.7 Å². The predicted octanol–water partition coefficient (Wildman–Crippen LogP) is 3.10. The number of nitrogens with zero attached hydrogens (tertiary/aromatic N) is 1. The van der Waals surface area contributed by atoms with Gasteiger partial charge in [-0.15, -0.1) is 11.3 Å². The van der Waals surface area contributed by atoms with Crippen molar-refractivity contribution in [3.05, 3.63) is 22.4 Å². The fourth-order valence-electron chi connectivity index (χ4n) is 2.47. The monoisotopic (exact) mass is 252 g/mol. The van der Waals surface area contributed by atoms with Crippen LogP contribution in [0.25, 0.3) is 0 Å². The summed E-state index contributed by atoms with van der Waals surface area (Å²) in [5.74, 6) is 0. The van der Waals surface area contributed by atoms with Crippen LogP contribution < -0.4 is 5.32 Å². The van der Waals surface area contributed by atoms with Crippen molar-refractivity contribution < 1.29 is 0 Å². The highest BCUT2D eigenvalue weighted by Gasteiger charge is 2.22. The summed E-state index contributed by atoms with van der Waals surface area (Å²) in [5.41, 5.74) is 0. The number of rotatable bonds is 5. The van der Waals surface area contributed by atoms with Gasteiger partial charge < -0.3 is 5.32 Å². The molecule has 0 bridgehead atoms. The zero-order valence-electron chi connectivity index (χ0n) is 11.0. The molecule has 1 saturated heterocycles. The Morgan fingerprint density at radius 1 is 1.47 bits per heavy atom. The van der Waals surface area contributed by atoms with E-state index in [4.69, 9.17) is 0 Å². The van der Waals surface area contributed by atoms with Crippen LogP contribution >= 0.6 is 11.3 Å². The third-order valence-corrected chi connectivity index (χ3v) is 4.31. The molecule has 1 aliphatic heterocycles. The normalized spacial score (nSPS) is 22.2. The van der Waals surface area contributed by atoms with Crippen LogP contribution in [0.2, 0.25) is 0 Å². The number of piperidine rings is 1. The number of hydrogen-bond donors (Lipinski definition) is 1. The molecule has 2 nitrogen and oxygen atoms in total. The Hall–Kier alpha value is -0.380. The van der Waals surface area contributed by atoms with Crippen molar-refractivity contribution >= 4 is 11.3 Å². The minimum absolute atomic E-state index is 0.598. The Labute approximate surface area is 109 Å². The van der Waals surface area contributed by atoms with Gasteiger partial charge in [-0.3, -0.25) is 4.90 Å². The number of likely N-dealkylation sites (tertiary alicyclic amines) is 1. The third kappa shape index (κ3) is 4.09. The van der Waals surface area contributed by atoms with E-state index >= 15 is 0 Å². The molecule has 1 aromatic heterocycles. The van der Waals surface area contributed by atoms with Crippen LogP contribution in [-0.2, 0) is 6.54 Å². The van der Waals surface area contributed by atoms with E-state index < -0.39 is 0 Å². The topological polar surface area (TPSA) is 15.3 Å². The summed E-state index contributed by atoms with van der Waals surface area (Å²) in [4.78, 5) is 4.16. The molecule has 3 heteroatoms. The second kappa shape index (κ2) is 6.53. The Kier molecular flexibility index (Phi) is 5.01. The van der Waals surface area contributed by atoms with Crippen molar-refractivity contribution in [1.29, 1.82) is 0 Å². The first kappa shape index (κ1) is 13.1. The predicted molar refractivity (Wildman–Crippen MR) is 75.5 cm³/mol. The van der Waals surface area contributed by atoms with Crippen LogP contribution in [0, 0.1) is 0 Å². The van der Waals surface area contributed by atoms with Crippen molar-refractivity contribution in [1.82, 2.24) is 10.2 Å². The van der Waals surface area contributed by atoms with Gasteiger partial charge in [0.2, 0.25) is 0 Å². The fourth-order valence-corrected chi connectivity index (χ4v) is 3.20. The SMILES string of the molecule is CC(C)NCC1CCCCN1Cc1cccs1. The molecule has 2 heterocycles. The number of nitrogens with one attached hydrogen (secondary N) is 1. The molecule has 0 spiro atoms. The maximum absolute atomic E-state index is 3.59. The quantitative estimate of drug-likeness (QED) is 0.866. The molecule has 1 aromatic rings. The minimum Gasteiger partial charge on any atom is -0.313 e. The van der Waals surface area contributed by atoms with E-state index in [-0.39, 0.29) is 0 Å². The summed E-state index contributed by atoms with van der Waals surface area (Å²) in [5, 5.41) is 5.77. The highest BCUT2D eigenvalue weighted by atomic mass is 32.1. The van der Waals surface area contributed by atoms with E-state index in [9.17, 15) is 0 Å². The molecule has 0 amide bonds. The van der Waals surface area contributed by atoms with Crippen molar-refractivity contribution in [3.8, 4) is 0 Å². The van der Waals surface area contributed by atoms with Gasteiger partial charge in [-0.2, -0.15) is 0 Å². The summed E-state index contributed by atoms with van der Waals surface area (Å²) in [6.07, 6.45) is 4.11. The molecule has 0 saturated carbocycles. The largest absolute Gasteiger partial charge is 0.313 e. The Bertz CT molecular complexity index is 308. The lowest BCUT2D eigenvalue weighted by Gasteiger charge is -2.36. The lowest BCUT2D eigenvalue weighted by Crippen LogP contribution is -2.46. The van der Waals surface area contributed by atoms with E-state index in [1.54, 1.807) is 0 Å². The van der Waals surface area contributed by atoms with E-state index in [2.05, 4.69) is 41.6 Å². The van der Waals surface area contributed by atoms with Gasteiger partial charge in [-0.05, 0) is 30.8 Å². The summed E-state index contributed by atoms with van der Waals surface area (Å²) in [6, 6.07) is 5.74. The summed E-state index contributed by atoms with van der Waals surface area (Å²) >= 11 is 1.88. The van der Waals surface area contributed by atoms with Crippen LogP contribution in [0.4, 0.5) is 0 Å². The highest BCUT2D eigenvalue weighted by molar-refractivity contribution is 7.09. The molecule has 1 N–H and O–H groups in total. The second-order valence-corrected chi connectivity index (χ2v) is 6.29. The average Bonchev–Trinajstić information content (AvgIpc) is 2.80. The fraction of sp³-hybridized carbons (Fsp3) is 0.714. The minimum atomic E-state index is 0.598. The second-order valence-electron chi connectivity index (χ2n) is 5.26. The van der Waals surface area contributed by atoms with Crippen LogP contribution in [0.1, 0.15) is 38.0 Å². The smallest absolute Gasteiger partial charge is 0.0331 e. The molecule has 0 aromatic carbocycles. The van der Waals surface area contributed by atoms with E-state index in [1.165, 1.54) is 30.7 Å². The van der Waals surface area contributed by atoms with Gasteiger partial charge in [-0.1, -0.05) is 26.3 Å². The molecule has 96 valence electrons. The zero-order valence-corrected chi connectivity index (χ0v) is 11.8. The summed E-state index contributed by atoms with van der Waals surface area (Å²) in [6.45, 7) is 8.01. The van der Waals surface area contributed by atoms with E-state index in [0.29, 0.717) is 6.04 Å². The lowest BCUT2D eigenvalue weighted by molar-refractivity contribution is 0.137. The lowest BCUT2D eigenvalue weighted by atomic mass is 10.0. The number of thiophene rings is 1. The van der Waals surface area contributed by atoms with Crippen molar-refractivity contribution in [2.24, 2.45) is 0 Å². The zero-order chi connectivity index (χ0) is 12.1. The molecule has 1 aliphatic rings. The van der Waals surface area contributed by atoms with Crippen LogP contribution in [0.3, 0.4) is 0 Å². The van der Waals surface area contributed by atoms with E-state index in [0.717, 1.165) is 19.1 Å². The molecule has 1 fully saturated rings. The van der Waals surface area contributed by atoms with Crippen LogP contribution in [0.15, 0.2) is 17.5 Å². The van der Waals surface area contributed by atoms with Crippen LogP contribution in [-0.4, -0.2) is 30.1 Å². The highest BCUT2D eigenvalue weighted by Crippen LogP contribution is 2.21. The third-order valence-electron chi connectivity index (χ3n) is 3.45. The molecule has 2 rings (SSSR count). The first-order valence-corrected chi connectivity index (χ1v) is 7.63. The van der Waals surface area contributed by atoms with Gasteiger partial charge in [-0.25, -0.2) is 0 Å². The Morgan fingerprint density at radius 3 is 3.06 bits per heavy atom. The van der Waals surface area contributed by atoms with Gasteiger partial charge in [0.1, 0.15) is 0 Å². The molecule has 1 unspecified atom stereocenters. The van der Waals surface area contributed by atoms with Gasteiger partial charge in [0, 0.05) is 30.1 Å². The average molecular weight is 252 g/mol. The number of hydrogen-bond acceptors (Lipinski definition) is 3. The summed E-state index contributed by atoms with van der Waals surface area (Å²) in [7, 11) is 0. The van der Waals surface area contributed by atoms with Crippen molar-refractivity contribution in [3.63, 3.8) is 0 Å². The molecular weight excluding hydrogens is 228 g/mol. The maximum Gasteiger partial charge on any atom is 0.0331 e. The molecule has 0 radical (unpaired) electrons. The Morgan fingerprint density at radius 2 is 2.35 bits per heavy atom. The maximum atomic E-state index is 3.59. The standard InChI is InChI=1S/C14H24N2S/c1-12(2)15-10-13-6-3-4-8-16(13)11-14-7-5-9-17-14/h5,7,9,12-13,15H,3-4,6,8,10-11H2,1-2H3. The Balaban J connectivity index is 1.87. The van der Waals surface area contributed by atoms with Gasteiger partial charge in [0.05, 0.1) is 0 Å². The van der Waals surface area contributed by atoms with E-state index in [1.807, 2.05) is 11.3 Å². The molecule has 17 heavy (non-hydrogen) atoms. The van der Waals surface area contributed by atoms with Gasteiger partial charge in [0.25, 0.3) is 0 Å².